The number of amides is 1. The molecule has 20 heavy (non-hydrogen) atoms. The Hall–Kier alpha value is -1.58. The van der Waals surface area contributed by atoms with Crippen LogP contribution in [-0.2, 0) is 6.42 Å². The number of aromatic nitrogens is 1. The molecule has 1 amide bonds. The van der Waals surface area contributed by atoms with Gasteiger partial charge in [0.05, 0.1) is 0 Å². The zero-order valence-corrected chi connectivity index (χ0v) is 12.8. The summed E-state index contributed by atoms with van der Waals surface area (Å²) in [7, 11) is 0. The van der Waals surface area contributed by atoms with Gasteiger partial charge in [0, 0.05) is 30.4 Å². The first-order valence-electron chi connectivity index (χ1n) is 7.75. The number of pyridine rings is 1. The van der Waals surface area contributed by atoms with E-state index in [-0.39, 0.29) is 5.91 Å². The molecule has 4 heteroatoms. The molecule has 1 aliphatic carbocycles. The van der Waals surface area contributed by atoms with Crippen molar-refractivity contribution in [2.24, 2.45) is 0 Å². The van der Waals surface area contributed by atoms with Gasteiger partial charge in [-0.05, 0) is 45.2 Å². The molecule has 0 aromatic carbocycles. The number of carbonyl (C=O) groups excluding carboxylic acids is 1. The van der Waals surface area contributed by atoms with E-state index in [2.05, 4.69) is 24.1 Å². The molecule has 1 heterocycles. The van der Waals surface area contributed by atoms with Gasteiger partial charge in [0.1, 0.15) is 5.82 Å². The van der Waals surface area contributed by atoms with Crippen LogP contribution in [0.2, 0.25) is 0 Å². The molecule has 1 saturated carbocycles. The van der Waals surface area contributed by atoms with Crippen molar-refractivity contribution >= 4 is 11.7 Å². The van der Waals surface area contributed by atoms with Gasteiger partial charge in [-0.3, -0.25) is 4.79 Å². The quantitative estimate of drug-likeness (QED) is 0.831. The minimum Gasteiger partial charge on any atom is -0.370 e. The van der Waals surface area contributed by atoms with E-state index in [1.54, 1.807) is 0 Å². The maximum atomic E-state index is 12.6. The van der Waals surface area contributed by atoms with Crippen molar-refractivity contribution in [2.45, 2.75) is 52.5 Å². The number of carbonyl (C=O) groups is 1. The van der Waals surface area contributed by atoms with Crippen molar-refractivity contribution in [1.82, 2.24) is 9.88 Å². The largest absolute Gasteiger partial charge is 0.370 e. The zero-order chi connectivity index (χ0) is 14.5. The van der Waals surface area contributed by atoms with Crippen LogP contribution in [0.5, 0.6) is 0 Å². The Morgan fingerprint density at radius 3 is 2.65 bits per heavy atom. The van der Waals surface area contributed by atoms with Crippen LogP contribution in [0.4, 0.5) is 5.82 Å². The standard InChI is InChI=1S/C16H25N3O/c1-4-7-13-10-12(11-15(18-13)17-5-2)16(20)19(6-3)14-8-9-14/h10-11,14H,4-9H2,1-3H3,(H,17,18). The molecule has 0 saturated heterocycles. The van der Waals surface area contributed by atoms with Crippen LogP contribution in [0.25, 0.3) is 0 Å². The van der Waals surface area contributed by atoms with Crippen LogP contribution in [-0.4, -0.2) is 34.9 Å². The lowest BCUT2D eigenvalue weighted by Gasteiger charge is -2.21. The number of hydrogen-bond donors (Lipinski definition) is 1. The Kier molecular flexibility index (Phi) is 4.99. The van der Waals surface area contributed by atoms with Gasteiger partial charge in [-0.1, -0.05) is 13.3 Å². The summed E-state index contributed by atoms with van der Waals surface area (Å²) in [5.41, 5.74) is 1.77. The molecule has 0 unspecified atom stereocenters. The maximum Gasteiger partial charge on any atom is 0.254 e. The Morgan fingerprint density at radius 2 is 2.10 bits per heavy atom. The molecule has 0 radical (unpaired) electrons. The Labute approximate surface area is 121 Å². The molecule has 1 aromatic heterocycles. The molecule has 0 spiro atoms. The van der Waals surface area contributed by atoms with Crippen molar-refractivity contribution < 1.29 is 4.79 Å². The van der Waals surface area contributed by atoms with Crippen LogP contribution in [0.1, 0.15) is 56.1 Å². The van der Waals surface area contributed by atoms with Gasteiger partial charge in [0.25, 0.3) is 5.91 Å². The smallest absolute Gasteiger partial charge is 0.254 e. The highest BCUT2D eigenvalue weighted by Gasteiger charge is 2.32. The van der Waals surface area contributed by atoms with Crippen molar-refractivity contribution in [3.63, 3.8) is 0 Å². The van der Waals surface area contributed by atoms with E-state index < -0.39 is 0 Å². The highest BCUT2D eigenvalue weighted by atomic mass is 16.2. The third kappa shape index (κ3) is 3.50. The highest BCUT2D eigenvalue weighted by molar-refractivity contribution is 5.95. The fourth-order valence-corrected chi connectivity index (χ4v) is 2.49. The van der Waals surface area contributed by atoms with Crippen molar-refractivity contribution in [3.8, 4) is 0 Å². The van der Waals surface area contributed by atoms with Crippen molar-refractivity contribution in [2.75, 3.05) is 18.4 Å². The van der Waals surface area contributed by atoms with Gasteiger partial charge < -0.3 is 10.2 Å². The van der Waals surface area contributed by atoms with Gasteiger partial charge >= 0.3 is 0 Å². The predicted molar refractivity (Wildman–Crippen MR) is 82.1 cm³/mol. The highest BCUT2D eigenvalue weighted by Crippen LogP contribution is 2.28. The first-order valence-corrected chi connectivity index (χ1v) is 7.75. The average molecular weight is 275 g/mol. The normalized spacial score (nSPS) is 14.2. The molecule has 0 bridgehead atoms. The molecule has 1 fully saturated rings. The first-order chi connectivity index (χ1) is 9.69. The second kappa shape index (κ2) is 6.73. The van der Waals surface area contributed by atoms with Gasteiger partial charge in [-0.25, -0.2) is 4.98 Å². The molecular formula is C16H25N3O. The zero-order valence-electron chi connectivity index (χ0n) is 12.8. The third-order valence-corrected chi connectivity index (χ3v) is 3.58. The summed E-state index contributed by atoms with van der Waals surface area (Å²) in [6, 6.07) is 4.30. The lowest BCUT2D eigenvalue weighted by molar-refractivity contribution is 0.0752. The number of nitrogens with zero attached hydrogens (tertiary/aromatic N) is 2. The van der Waals surface area contributed by atoms with Crippen molar-refractivity contribution in [3.05, 3.63) is 23.4 Å². The van der Waals surface area contributed by atoms with E-state index in [4.69, 9.17) is 0 Å². The molecule has 0 aliphatic heterocycles. The molecule has 0 atom stereocenters. The molecular weight excluding hydrogens is 250 g/mol. The summed E-state index contributed by atoms with van der Waals surface area (Å²) in [4.78, 5) is 19.2. The van der Waals surface area contributed by atoms with E-state index in [0.717, 1.165) is 55.8 Å². The summed E-state index contributed by atoms with van der Waals surface area (Å²) < 4.78 is 0. The topological polar surface area (TPSA) is 45.2 Å². The summed E-state index contributed by atoms with van der Waals surface area (Å²) in [5.74, 6) is 0.961. The minimum atomic E-state index is 0.147. The van der Waals surface area contributed by atoms with Gasteiger partial charge in [0.2, 0.25) is 0 Å². The summed E-state index contributed by atoms with van der Waals surface area (Å²) in [6.45, 7) is 7.82. The molecule has 1 aliphatic rings. The molecule has 4 nitrogen and oxygen atoms in total. The molecule has 1 N–H and O–H groups in total. The Bertz CT molecular complexity index is 445. The lowest BCUT2D eigenvalue weighted by Crippen LogP contribution is -2.33. The number of rotatable bonds is 7. The lowest BCUT2D eigenvalue weighted by atomic mass is 10.1. The molecule has 1 aromatic rings. The van der Waals surface area contributed by atoms with E-state index in [9.17, 15) is 4.79 Å². The number of aryl methyl sites for hydroxylation is 1. The van der Waals surface area contributed by atoms with Gasteiger partial charge in [-0.15, -0.1) is 0 Å². The number of nitrogens with one attached hydrogen (secondary N) is 1. The van der Waals surface area contributed by atoms with Crippen LogP contribution >= 0.6 is 0 Å². The third-order valence-electron chi connectivity index (χ3n) is 3.58. The monoisotopic (exact) mass is 275 g/mol. The van der Waals surface area contributed by atoms with Crippen molar-refractivity contribution in [1.29, 1.82) is 0 Å². The van der Waals surface area contributed by atoms with E-state index in [1.165, 1.54) is 0 Å². The first kappa shape index (κ1) is 14.8. The van der Waals surface area contributed by atoms with E-state index in [0.29, 0.717) is 6.04 Å². The van der Waals surface area contributed by atoms with Crippen LogP contribution in [0.3, 0.4) is 0 Å². The van der Waals surface area contributed by atoms with Crippen LogP contribution in [0, 0.1) is 0 Å². The summed E-state index contributed by atoms with van der Waals surface area (Å²) in [5, 5.41) is 3.22. The summed E-state index contributed by atoms with van der Waals surface area (Å²) >= 11 is 0. The number of anilines is 1. The van der Waals surface area contributed by atoms with Crippen LogP contribution < -0.4 is 5.32 Å². The van der Waals surface area contributed by atoms with E-state index >= 15 is 0 Å². The minimum absolute atomic E-state index is 0.147. The van der Waals surface area contributed by atoms with Crippen LogP contribution in [0.15, 0.2) is 12.1 Å². The Balaban J connectivity index is 2.25. The molecule has 2 rings (SSSR count). The maximum absolute atomic E-state index is 12.6. The molecule has 110 valence electrons. The SMILES string of the molecule is CCCc1cc(C(=O)N(CC)C2CC2)cc(NCC)n1. The van der Waals surface area contributed by atoms with E-state index in [1.807, 2.05) is 24.0 Å². The second-order valence-corrected chi connectivity index (χ2v) is 5.34. The average Bonchev–Trinajstić information content (AvgIpc) is 3.24. The fraction of sp³-hybridized carbons (Fsp3) is 0.625. The van der Waals surface area contributed by atoms with Gasteiger partial charge in [0.15, 0.2) is 0 Å². The second-order valence-electron chi connectivity index (χ2n) is 5.34. The fourth-order valence-electron chi connectivity index (χ4n) is 2.49. The predicted octanol–water partition coefficient (Wildman–Crippen LogP) is 3.09. The van der Waals surface area contributed by atoms with Gasteiger partial charge in [-0.2, -0.15) is 0 Å². The summed E-state index contributed by atoms with van der Waals surface area (Å²) in [6.07, 6.45) is 4.24. The Morgan fingerprint density at radius 1 is 1.35 bits per heavy atom. The number of hydrogen-bond acceptors (Lipinski definition) is 3.